The number of fused-ring (bicyclic) bond motifs is 1. The molecule has 5 heteroatoms. The third kappa shape index (κ3) is 4.34. The first kappa shape index (κ1) is 22.2. The quantitative estimate of drug-likeness (QED) is 0.568. The van der Waals surface area contributed by atoms with Crippen molar-refractivity contribution >= 4 is 17.1 Å². The molecule has 2 aliphatic heterocycles. The lowest BCUT2D eigenvalue weighted by Gasteiger charge is -2.49. The summed E-state index contributed by atoms with van der Waals surface area (Å²) in [5, 5.41) is 1.18. The normalized spacial score (nSPS) is 23.8. The van der Waals surface area contributed by atoms with Gasteiger partial charge in [-0.3, -0.25) is 0 Å². The van der Waals surface area contributed by atoms with E-state index < -0.39 is 0 Å². The SMILES string of the molecule is Cc1ccc2c(C)c([C@H]3OCC4(CCN(C(=O)OC(C)C)CC4)C[C@@H]3C(C)C)oc2c1. The number of hydrogen-bond donors (Lipinski definition) is 0. The molecule has 0 radical (unpaired) electrons. The van der Waals surface area contributed by atoms with E-state index in [1.807, 2.05) is 18.7 Å². The third-order valence-corrected chi connectivity index (χ3v) is 7.29. The summed E-state index contributed by atoms with van der Waals surface area (Å²) in [4.78, 5) is 14.2. The van der Waals surface area contributed by atoms with Gasteiger partial charge in [0.2, 0.25) is 0 Å². The number of rotatable bonds is 3. The second-order valence-electron chi connectivity index (χ2n) is 10.4. The fraction of sp³-hybridized carbons (Fsp3) is 0.654. The van der Waals surface area contributed by atoms with E-state index in [1.165, 1.54) is 16.5 Å². The third-order valence-electron chi connectivity index (χ3n) is 7.29. The van der Waals surface area contributed by atoms with E-state index in [4.69, 9.17) is 13.9 Å². The molecule has 4 rings (SSSR count). The zero-order valence-electron chi connectivity index (χ0n) is 19.9. The highest BCUT2D eigenvalue weighted by Crippen LogP contribution is 2.51. The molecule has 0 N–H and O–H groups in total. The van der Waals surface area contributed by atoms with Crippen molar-refractivity contribution in [3.63, 3.8) is 0 Å². The number of piperidine rings is 1. The first-order valence-electron chi connectivity index (χ1n) is 11.8. The number of nitrogens with zero attached hydrogens (tertiary/aromatic N) is 1. The van der Waals surface area contributed by atoms with E-state index >= 15 is 0 Å². The fourth-order valence-corrected chi connectivity index (χ4v) is 5.32. The number of likely N-dealkylation sites (tertiary alicyclic amines) is 1. The number of ether oxygens (including phenoxy) is 2. The number of amides is 1. The lowest BCUT2D eigenvalue weighted by Crippen LogP contribution is -2.49. The average Bonchev–Trinajstić information content (AvgIpc) is 3.03. The summed E-state index contributed by atoms with van der Waals surface area (Å²) in [5.41, 5.74) is 3.50. The van der Waals surface area contributed by atoms with E-state index in [2.05, 4.69) is 45.9 Å². The molecule has 0 unspecified atom stereocenters. The molecule has 2 saturated heterocycles. The second-order valence-corrected chi connectivity index (χ2v) is 10.4. The van der Waals surface area contributed by atoms with Crippen molar-refractivity contribution < 1.29 is 18.7 Å². The van der Waals surface area contributed by atoms with Crippen molar-refractivity contribution in [2.75, 3.05) is 19.7 Å². The largest absolute Gasteiger partial charge is 0.458 e. The van der Waals surface area contributed by atoms with Crippen LogP contribution < -0.4 is 0 Å². The van der Waals surface area contributed by atoms with Gasteiger partial charge < -0.3 is 18.8 Å². The summed E-state index contributed by atoms with van der Waals surface area (Å²) >= 11 is 0. The number of carbonyl (C=O) groups is 1. The summed E-state index contributed by atoms with van der Waals surface area (Å²) in [5.74, 6) is 1.87. The van der Waals surface area contributed by atoms with Crippen LogP contribution >= 0.6 is 0 Å². The molecular formula is C26H37NO4. The van der Waals surface area contributed by atoms with Crippen LogP contribution in [0.2, 0.25) is 0 Å². The zero-order valence-corrected chi connectivity index (χ0v) is 19.9. The van der Waals surface area contributed by atoms with E-state index in [9.17, 15) is 4.79 Å². The molecule has 0 aliphatic carbocycles. The molecule has 170 valence electrons. The molecule has 3 heterocycles. The van der Waals surface area contributed by atoms with E-state index in [-0.39, 0.29) is 23.7 Å². The molecule has 0 bridgehead atoms. The van der Waals surface area contributed by atoms with Gasteiger partial charge in [0, 0.05) is 24.0 Å². The van der Waals surface area contributed by atoms with Crippen LogP contribution in [0.5, 0.6) is 0 Å². The highest BCUT2D eigenvalue weighted by molar-refractivity contribution is 5.82. The first-order valence-corrected chi connectivity index (χ1v) is 11.8. The summed E-state index contributed by atoms with van der Waals surface area (Å²) in [7, 11) is 0. The van der Waals surface area contributed by atoms with Crippen molar-refractivity contribution in [2.24, 2.45) is 17.3 Å². The van der Waals surface area contributed by atoms with Gasteiger partial charge in [-0.2, -0.15) is 0 Å². The van der Waals surface area contributed by atoms with Gasteiger partial charge in [0.25, 0.3) is 0 Å². The van der Waals surface area contributed by atoms with Crippen LogP contribution in [0.4, 0.5) is 4.79 Å². The van der Waals surface area contributed by atoms with Gasteiger partial charge in [0.15, 0.2) is 0 Å². The fourth-order valence-electron chi connectivity index (χ4n) is 5.32. The van der Waals surface area contributed by atoms with Gasteiger partial charge in [-0.05, 0) is 75.8 Å². The average molecular weight is 428 g/mol. The van der Waals surface area contributed by atoms with Crippen molar-refractivity contribution in [2.45, 2.75) is 73.0 Å². The summed E-state index contributed by atoms with van der Waals surface area (Å²) in [6, 6.07) is 6.42. The summed E-state index contributed by atoms with van der Waals surface area (Å²) in [6.07, 6.45) is 2.76. The topological polar surface area (TPSA) is 51.9 Å². The smallest absolute Gasteiger partial charge is 0.410 e. The Labute approximate surface area is 186 Å². The lowest BCUT2D eigenvalue weighted by atomic mass is 9.67. The Hall–Kier alpha value is -2.01. The molecule has 2 aromatic rings. The van der Waals surface area contributed by atoms with Crippen LogP contribution in [0.3, 0.4) is 0 Å². The molecule has 5 nitrogen and oxygen atoms in total. The molecule has 31 heavy (non-hydrogen) atoms. The highest BCUT2D eigenvalue weighted by atomic mass is 16.6. The molecule has 0 saturated carbocycles. The molecule has 1 aromatic carbocycles. The maximum atomic E-state index is 12.3. The number of carbonyl (C=O) groups excluding carboxylic acids is 1. The Bertz CT molecular complexity index is 936. The van der Waals surface area contributed by atoms with Crippen molar-refractivity contribution in [3.05, 3.63) is 35.1 Å². The van der Waals surface area contributed by atoms with Crippen LogP contribution in [0.15, 0.2) is 22.6 Å². The standard InChI is InChI=1S/C26H37NO4/c1-16(2)21-14-26(9-11-27(12-10-26)25(28)30-17(3)4)15-29-24(21)23-19(6)20-8-7-18(5)13-22(20)31-23/h7-8,13,16-17,21,24H,9-12,14-15H2,1-6H3/t21-,24+/m1/s1. The van der Waals surface area contributed by atoms with E-state index in [0.717, 1.165) is 50.3 Å². The van der Waals surface area contributed by atoms with Crippen molar-refractivity contribution in [1.29, 1.82) is 0 Å². The van der Waals surface area contributed by atoms with Crippen LogP contribution in [-0.4, -0.2) is 36.8 Å². The molecule has 1 spiro atoms. The number of benzene rings is 1. The number of aryl methyl sites for hydroxylation is 2. The minimum absolute atomic E-state index is 0.0118. The Morgan fingerprint density at radius 2 is 1.87 bits per heavy atom. The van der Waals surface area contributed by atoms with Crippen molar-refractivity contribution in [3.8, 4) is 0 Å². The zero-order chi connectivity index (χ0) is 22.3. The van der Waals surface area contributed by atoms with E-state index in [1.54, 1.807) is 0 Å². The maximum Gasteiger partial charge on any atom is 0.410 e. The lowest BCUT2D eigenvalue weighted by molar-refractivity contribution is -0.136. The number of furan rings is 1. The van der Waals surface area contributed by atoms with Crippen LogP contribution in [0.25, 0.3) is 11.0 Å². The minimum Gasteiger partial charge on any atom is -0.458 e. The number of hydrogen-bond acceptors (Lipinski definition) is 4. The van der Waals surface area contributed by atoms with Gasteiger partial charge in [-0.25, -0.2) is 4.79 Å². The molecular weight excluding hydrogens is 390 g/mol. The monoisotopic (exact) mass is 427 g/mol. The van der Waals surface area contributed by atoms with Crippen LogP contribution in [0, 0.1) is 31.1 Å². The van der Waals surface area contributed by atoms with Gasteiger partial charge >= 0.3 is 6.09 Å². The highest BCUT2D eigenvalue weighted by Gasteiger charge is 2.46. The van der Waals surface area contributed by atoms with Gasteiger partial charge in [0.1, 0.15) is 17.4 Å². The van der Waals surface area contributed by atoms with Gasteiger partial charge in [-0.15, -0.1) is 0 Å². The Kier molecular flexibility index (Phi) is 6.08. The Balaban J connectivity index is 1.51. The summed E-state index contributed by atoms with van der Waals surface area (Å²) < 4.78 is 18.4. The Morgan fingerprint density at radius 3 is 2.52 bits per heavy atom. The summed E-state index contributed by atoms with van der Waals surface area (Å²) in [6.45, 7) is 14.8. The minimum atomic E-state index is -0.187. The molecule has 1 aromatic heterocycles. The van der Waals surface area contributed by atoms with Crippen molar-refractivity contribution in [1.82, 2.24) is 4.90 Å². The van der Waals surface area contributed by atoms with Gasteiger partial charge in [-0.1, -0.05) is 26.0 Å². The second kappa shape index (κ2) is 8.50. The maximum absolute atomic E-state index is 12.3. The Morgan fingerprint density at radius 1 is 1.16 bits per heavy atom. The molecule has 2 fully saturated rings. The van der Waals surface area contributed by atoms with Gasteiger partial charge in [0.05, 0.1) is 12.7 Å². The predicted octanol–water partition coefficient (Wildman–Crippen LogP) is 6.41. The van der Waals surface area contributed by atoms with E-state index in [0.29, 0.717) is 11.8 Å². The molecule has 1 amide bonds. The van der Waals surface area contributed by atoms with Crippen LogP contribution in [0.1, 0.15) is 69.9 Å². The van der Waals surface area contributed by atoms with Crippen LogP contribution in [-0.2, 0) is 9.47 Å². The molecule has 2 atom stereocenters. The first-order chi connectivity index (χ1) is 14.7. The predicted molar refractivity (Wildman–Crippen MR) is 122 cm³/mol. The molecule has 2 aliphatic rings.